The molecule has 0 fully saturated rings. The number of aryl methyl sites for hydroxylation is 1. The van der Waals surface area contributed by atoms with Crippen LogP contribution < -0.4 is 5.32 Å². The maximum atomic E-state index is 12.0. The summed E-state index contributed by atoms with van der Waals surface area (Å²) in [4.78, 5) is 16.8. The van der Waals surface area contributed by atoms with Crippen molar-refractivity contribution in [2.45, 2.75) is 40.0 Å². The molecular formula is C16H20N2O2S. The molecule has 2 rings (SSSR count). The maximum Gasteiger partial charge on any atom is 0.263 e. The van der Waals surface area contributed by atoms with E-state index in [1.807, 2.05) is 39.0 Å². The Morgan fingerprint density at radius 3 is 2.81 bits per heavy atom. The predicted octanol–water partition coefficient (Wildman–Crippen LogP) is 3.31. The third kappa shape index (κ3) is 4.65. The lowest BCUT2D eigenvalue weighted by atomic mass is 10.1. The highest BCUT2D eigenvalue weighted by Crippen LogP contribution is 2.12. The molecule has 0 saturated carbocycles. The summed E-state index contributed by atoms with van der Waals surface area (Å²) in [6, 6.07) is 8.07. The van der Waals surface area contributed by atoms with E-state index in [0.717, 1.165) is 16.8 Å². The maximum absolute atomic E-state index is 12.0. The second-order valence-corrected chi connectivity index (χ2v) is 5.98. The van der Waals surface area contributed by atoms with Gasteiger partial charge in [-0.3, -0.25) is 4.79 Å². The van der Waals surface area contributed by atoms with Gasteiger partial charge in [0, 0.05) is 6.54 Å². The number of carbonyl (C=O) groups excluding carboxylic acids is 1. The minimum absolute atomic E-state index is 0.0705. The molecule has 0 unspecified atom stereocenters. The van der Waals surface area contributed by atoms with E-state index in [2.05, 4.69) is 16.4 Å². The van der Waals surface area contributed by atoms with E-state index in [4.69, 9.17) is 4.74 Å². The van der Waals surface area contributed by atoms with Crippen molar-refractivity contribution in [3.8, 4) is 0 Å². The summed E-state index contributed by atoms with van der Waals surface area (Å²) in [7, 11) is 0. The number of thiazole rings is 1. The van der Waals surface area contributed by atoms with Gasteiger partial charge < -0.3 is 10.1 Å². The van der Waals surface area contributed by atoms with Crippen molar-refractivity contribution in [2.75, 3.05) is 0 Å². The second kappa shape index (κ2) is 7.33. The Labute approximate surface area is 129 Å². The van der Waals surface area contributed by atoms with Crippen molar-refractivity contribution in [1.82, 2.24) is 10.3 Å². The highest BCUT2D eigenvalue weighted by molar-refractivity contribution is 7.11. The van der Waals surface area contributed by atoms with Crippen LogP contribution >= 0.6 is 11.3 Å². The van der Waals surface area contributed by atoms with Crippen molar-refractivity contribution in [1.29, 1.82) is 0 Å². The Morgan fingerprint density at radius 1 is 1.38 bits per heavy atom. The number of aromatic nitrogens is 1. The lowest BCUT2D eigenvalue weighted by Crippen LogP contribution is -2.22. The molecule has 1 amide bonds. The van der Waals surface area contributed by atoms with Crippen molar-refractivity contribution >= 4 is 17.2 Å². The number of ether oxygens (including phenoxy) is 1. The highest BCUT2D eigenvalue weighted by Gasteiger charge is 2.11. The first-order valence-corrected chi connectivity index (χ1v) is 7.82. The molecule has 1 aromatic heterocycles. The van der Waals surface area contributed by atoms with Crippen LogP contribution in [-0.4, -0.2) is 17.0 Å². The Bertz CT molecular complexity index is 608. The molecule has 0 spiro atoms. The van der Waals surface area contributed by atoms with E-state index >= 15 is 0 Å². The third-order valence-corrected chi connectivity index (χ3v) is 3.91. The van der Waals surface area contributed by atoms with Crippen LogP contribution in [0, 0.1) is 6.92 Å². The summed E-state index contributed by atoms with van der Waals surface area (Å²) in [5.74, 6) is -0.0705. The highest BCUT2D eigenvalue weighted by atomic mass is 32.1. The van der Waals surface area contributed by atoms with Crippen LogP contribution in [0.1, 0.15) is 40.3 Å². The summed E-state index contributed by atoms with van der Waals surface area (Å²) in [5, 5.41) is 2.92. The Morgan fingerprint density at radius 2 is 2.14 bits per heavy atom. The summed E-state index contributed by atoms with van der Waals surface area (Å²) >= 11 is 1.36. The average Bonchev–Trinajstić information content (AvgIpc) is 2.89. The zero-order chi connectivity index (χ0) is 15.2. The lowest BCUT2D eigenvalue weighted by molar-refractivity contribution is 0.0657. The molecule has 5 heteroatoms. The van der Waals surface area contributed by atoms with Crippen LogP contribution in [0.15, 0.2) is 29.8 Å². The molecule has 0 saturated heterocycles. The van der Waals surface area contributed by atoms with E-state index in [0.29, 0.717) is 18.0 Å². The number of rotatable bonds is 6. The van der Waals surface area contributed by atoms with E-state index in [1.54, 1.807) is 5.51 Å². The van der Waals surface area contributed by atoms with Crippen LogP contribution in [-0.2, 0) is 17.9 Å². The fourth-order valence-corrected chi connectivity index (χ4v) is 2.59. The van der Waals surface area contributed by atoms with Gasteiger partial charge in [-0.05, 0) is 31.9 Å². The van der Waals surface area contributed by atoms with Gasteiger partial charge in [-0.15, -0.1) is 11.3 Å². The number of carbonyl (C=O) groups is 1. The summed E-state index contributed by atoms with van der Waals surface area (Å²) in [6.45, 7) is 6.97. The molecule has 4 nitrogen and oxygen atoms in total. The fraction of sp³-hybridized carbons (Fsp3) is 0.375. The second-order valence-electron chi connectivity index (χ2n) is 5.13. The largest absolute Gasteiger partial charge is 0.374 e. The van der Waals surface area contributed by atoms with Crippen LogP contribution in [0.5, 0.6) is 0 Å². The van der Waals surface area contributed by atoms with Gasteiger partial charge in [-0.2, -0.15) is 0 Å². The first-order valence-electron chi connectivity index (χ1n) is 6.94. The molecule has 0 atom stereocenters. The smallest absolute Gasteiger partial charge is 0.263 e. The van der Waals surface area contributed by atoms with Gasteiger partial charge in [0.1, 0.15) is 4.88 Å². The Hall–Kier alpha value is -1.72. The zero-order valence-electron chi connectivity index (χ0n) is 12.6. The topological polar surface area (TPSA) is 51.2 Å². The van der Waals surface area contributed by atoms with E-state index in [9.17, 15) is 4.79 Å². The van der Waals surface area contributed by atoms with Crippen molar-refractivity contribution in [3.63, 3.8) is 0 Å². The molecule has 21 heavy (non-hydrogen) atoms. The normalized spacial score (nSPS) is 10.9. The molecule has 0 radical (unpaired) electrons. The standard InChI is InChI=1S/C16H20N2O2S/c1-11(2)20-9-14-6-4-5-13(7-14)8-17-16(19)15-12(3)18-10-21-15/h4-7,10-11H,8-9H2,1-3H3,(H,17,19). The molecule has 0 bridgehead atoms. The van der Waals surface area contributed by atoms with Crippen LogP contribution in [0.3, 0.4) is 0 Å². The van der Waals surface area contributed by atoms with E-state index in [-0.39, 0.29) is 12.0 Å². The van der Waals surface area contributed by atoms with Gasteiger partial charge in [0.2, 0.25) is 0 Å². The first kappa shape index (κ1) is 15.7. The number of benzene rings is 1. The minimum Gasteiger partial charge on any atom is -0.374 e. The number of nitrogens with one attached hydrogen (secondary N) is 1. The first-order chi connectivity index (χ1) is 10.1. The van der Waals surface area contributed by atoms with Crippen LogP contribution in [0.2, 0.25) is 0 Å². The van der Waals surface area contributed by atoms with Crippen molar-refractivity contribution in [3.05, 3.63) is 51.5 Å². The molecular weight excluding hydrogens is 284 g/mol. The number of amides is 1. The quantitative estimate of drug-likeness (QED) is 0.891. The Kier molecular flexibility index (Phi) is 5.47. The zero-order valence-corrected chi connectivity index (χ0v) is 13.4. The summed E-state index contributed by atoms with van der Waals surface area (Å²) in [6.07, 6.45) is 0.211. The van der Waals surface area contributed by atoms with Gasteiger partial charge in [-0.1, -0.05) is 24.3 Å². The van der Waals surface area contributed by atoms with Gasteiger partial charge in [-0.25, -0.2) is 4.98 Å². The van der Waals surface area contributed by atoms with E-state index < -0.39 is 0 Å². The summed E-state index contributed by atoms with van der Waals surface area (Å²) < 4.78 is 5.59. The van der Waals surface area contributed by atoms with Gasteiger partial charge in [0.15, 0.2) is 0 Å². The number of hydrogen-bond donors (Lipinski definition) is 1. The minimum atomic E-state index is -0.0705. The SMILES string of the molecule is Cc1ncsc1C(=O)NCc1cccc(COC(C)C)c1. The third-order valence-electron chi connectivity index (χ3n) is 2.98. The van der Waals surface area contributed by atoms with Crippen LogP contribution in [0.25, 0.3) is 0 Å². The molecule has 0 aliphatic rings. The van der Waals surface area contributed by atoms with Crippen LogP contribution in [0.4, 0.5) is 0 Å². The van der Waals surface area contributed by atoms with Crippen molar-refractivity contribution < 1.29 is 9.53 Å². The molecule has 0 aliphatic heterocycles. The average molecular weight is 304 g/mol. The molecule has 1 aromatic carbocycles. The lowest BCUT2D eigenvalue weighted by Gasteiger charge is -2.09. The van der Waals surface area contributed by atoms with E-state index in [1.165, 1.54) is 11.3 Å². The predicted molar refractivity (Wildman–Crippen MR) is 84.4 cm³/mol. The Balaban J connectivity index is 1.92. The molecule has 112 valence electrons. The molecule has 2 aromatic rings. The monoisotopic (exact) mass is 304 g/mol. The van der Waals surface area contributed by atoms with Gasteiger partial charge in [0.05, 0.1) is 23.9 Å². The van der Waals surface area contributed by atoms with Gasteiger partial charge >= 0.3 is 0 Å². The molecule has 1 heterocycles. The fourth-order valence-electron chi connectivity index (χ4n) is 1.87. The molecule has 0 aliphatic carbocycles. The number of hydrogen-bond acceptors (Lipinski definition) is 4. The molecule has 1 N–H and O–H groups in total. The summed E-state index contributed by atoms with van der Waals surface area (Å²) in [5.41, 5.74) is 4.64. The number of nitrogens with zero attached hydrogens (tertiary/aromatic N) is 1. The van der Waals surface area contributed by atoms with Gasteiger partial charge in [0.25, 0.3) is 5.91 Å². The van der Waals surface area contributed by atoms with Crippen molar-refractivity contribution in [2.24, 2.45) is 0 Å².